The summed E-state index contributed by atoms with van der Waals surface area (Å²) < 4.78 is 16.5. The number of primary amides is 1. The Morgan fingerprint density at radius 2 is 2.07 bits per heavy atom. The number of amides is 1. The zero-order valence-electron chi connectivity index (χ0n) is 17.3. The number of aromatic nitrogens is 3. The van der Waals surface area contributed by atoms with E-state index in [9.17, 15) is 9.18 Å². The van der Waals surface area contributed by atoms with Gasteiger partial charge in [-0.25, -0.2) is 9.37 Å². The van der Waals surface area contributed by atoms with Crippen molar-refractivity contribution in [3.63, 3.8) is 0 Å². The van der Waals surface area contributed by atoms with Crippen molar-refractivity contribution >= 4 is 34.1 Å². The lowest BCUT2D eigenvalue weighted by atomic mass is 10.1. The van der Waals surface area contributed by atoms with E-state index in [0.29, 0.717) is 12.2 Å². The molecule has 0 aliphatic rings. The van der Waals surface area contributed by atoms with E-state index in [-0.39, 0.29) is 23.2 Å². The largest absolute Gasteiger partial charge is 0.365 e. The van der Waals surface area contributed by atoms with Crippen LogP contribution in [0.2, 0.25) is 0 Å². The molecule has 2 heterocycles. The summed E-state index contributed by atoms with van der Waals surface area (Å²) in [6.07, 6.45) is 4.54. The average Bonchev–Trinajstić information content (AvgIpc) is 3.15. The summed E-state index contributed by atoms with van der Waals surface area (Å²) in [5.41, 5.74) is 12.9. The third kappa shape index (κ3) is 4.68. The number of rotatable bonds is 10. The van der Waals surface area contributed by atoms with E-state index in [0.717, 1.165) is 42.8 Å². The smallest absolute Gasteiger partial charge is 0.252 e. The molecular formula is C21H28FN7O. The van der Waals surface area contributed by atoms with Crippen LogP contribution in [0.25, 0.3) is 10.9 Å². The quantitative estimate of drug-likeness (QED) is 0.404. The molecule has 0 saturated heterocycles. The number of anilines is 3. The normalized spacial score (nSPS) is 12.1. The number of unbranched alkanes of at least 4 members (excludes halogenated alkanes) is 1. The second-order valence-corrected chi connectivity index (χ2v) is 7.16. The van der Waals surface area contributed by atoms with Gasteiger partial charge < -0.3 is 22.1 Å². The molecular weight excluding hydrogens is 385 g/mol. The predicted octanol–water partition coefficient (Wildman–Crippen LogP) is 3.36. The molecule has 1 amide bonds. The highest BCUT2D eigenvalue weighted by atomic mass is 19.1. The van der Waals surface area contributed by atoms with Gasteiger partial charge in [0.15, 0.2) is 11.6 Å². The van der Waals surface area contributed by atoms with Crippen LogP contribution in [-0.4, -0.2) is 33.3 Å². The standard InChI is InChI=1S/C21H28FN7O/c1-3-5-6-15(11-23)27-21-17(22)10-16(19(24)30)20(28-21)26-14-7-8-18-13(9-14)12-25-29(18)4-2/h7-10,12,15H,3-6,11,23H2,1-2H3,(H2,24,30)(H2,26,27,28). The lowest BCUT2D eigenvalue weighted by molar-refractivity contribution is 0.100. The molecule has 0 radical (unpaired) electrons. The van der Waals surface area contributed by atoms with Crippen molar-refractivity contribution in [1.82, 2.24) is 14.8 Å². The SMILES string of the molecule is CCCCC(CN)Nc1nc(Nc2ccc3c(cnn3CC)c2)c(C(N)=O)cc1F. The average molecular weight is 414 g/mol. The van der Waals surface area contributed by atoms with E-state index in [1.165, 1.54) is 0 Å². The van der Waals surface area contributed by atoms with Gasteiger partial charge in [0.1, 0.15) is 5.82 Å². The molecule has 0 aliphatic carbocycles. The summed E-state index contributed by atoms with van der Waals surface area (Å²) in [6, 6.07) is 6.65. The number of carbonyl (C=O) groups is 1. The topological polar surface area (TPSA) is 124 Å². The number of hydrogen-bond acceptors (Lipinski definition) is 6. The van der Waals surface area contributed by atoms with Gasteiger partial charge in [-0.15, -0.1) is 0 Å². The molecule has 2 aromatic heterocycles. The Bertz CT molecular complexity index is 1030. The Morgan fingerprint density at radius 3 is 2.73 bits per heavy atom. The van der Waals surface area contributed by atoms with E-state index in [4.69, 9.17) is 11.5 Å². The summed E-state index contributed by atoms with van der Waals surface area (Å²) in [5.74, 6) is -1.20. The highest BCUT2D eigenvalue weighted by molar-refractivity contribution is 5.99. The van der Waals surface area contributed by atoms with Crippen LogP contribution in [0.15, 0.2) is 30.5 Å². The summed E-state index contributed by atoms with van der Waals surface area (Å²) >= 11 is 0. The molecule has 1 aromatic carbocycles. The molecule has 8 nitrogen and oxygen atoms in total. The number of nitrogens with one attached hydrogen (secondary N) is 2. The van der Waals surface area contributed by atoms with Crippen molar-refractivity contribution in [3.8, 4) is 0 Å². The van der Waals surface area contributed by atoms with Crippen LogP contribution in [-0.2, 0) is 6.54 Å². The first-order valence-electron chi connectivity index (χ1n) is 10.2. The van der Waals surface area contributed by atoms with Gasteiger partial charge in [0.2, 0.25) is 0 Å². The third-order valence-corrected chi connectivity index (χ3v) is 4.98. The predicted molar refractivity (Wildman–Crippen MR) is 117 cm³/mol. The maximum absolute atomic E-state index is 14.6. The summed E-state index contributed by atoms with van der Waals surface area (Å²) in [7, 11) is 0. The van der Waals surface area contributed by atoms with Crippen molar-refractivity contribution < 1.29 is 9.18 Å². The minimum Gasteiger partial charge on any atom is -0.365 e. The third-order valence-electron chi connectivity index (χ3n) is 4.98. The number of aryl methyl sites for hydroxylation is 1. The van der Waals surface area contributed by atoms with Gasteiger partial charge in [-0.2, -0.15) is 5.10 Å². The summed E-state index contributed by atoms with van der Waals surface area (Å²) in [6.45, 7) is 5.21. The molecule has 1 unspecified atom stereocenters. The minimum absolute atomic E-state index is 0.0275. The Kier molecular flexibility index (Phi) is 6.83. The van der Waals surface area contributed by atoms with Gasteiger partial charge in [0, 0.05) is 30.2 Å². The highest BCUT2D eigenvalue weighted by Crippen LogP contribution is 2.26. The second kappa shape index (κ2) is 9.53. The van der Waals surface area contributed by atoms with Crippen molar-refractivity contribution in [3.05, 3.63) is 41.8 Å². The number of fused-ring (bicyclic) bond motifs is 1. The van der Waals surface area contributed by atoms with Gasteiger partial charge in [0.05, 0.1) is 17.3 Å². The molecule has 9 heteroatoms. The molecule has 30 heavy (non-hydrogen) atoms. The van der Waals surface area contributed by atoms with Gasteiger partial charge in [-0.1, -0.05) is 19.8 Å². The number of carbonyl (C=O) groups excluding carboxylic acids is 1. The lowest BCUT2D eigenvalue weighted by Gasteiger charge is -2.19. The first-order chi connectivity index (χ1) is 14.5. The number of nitrogens with zero attached hydrogens (tertiary/aromatic N) is 3. The molecule has 0 saturated carbocycles. The van der Waals surface area contributed by atoms with E-state index in [2.05, 4.69) is 27.6 Å². The first-order valence-corrected chi connectivity index (χ1v) is 10.2. The summed E-state index contributed by atoms with van der Waals surface area (Å²) in [5, 5.41) is 11.4. The van der Waals surface area contributed by atoms with Crippen molar-refractivity contribution in [2.75, 3.05) is 17.2 Å². The highest BCUT2D eigenvalue weighted by Gasteiger charge is 2.18. The van der Waals surface area contributed by atoms with Crippen LogP contribution < -0.4 is 22.1 Å². The molecule has 0 bridgehead atoms. The van der Waals surface area contributed by atoms with E-state index in [1.54, 1.807) is 6.20 Å². The first kappa shape index (κ1) is 21.5. The fourth-order valence-electron chi connectivity index (χ4n) is 3.32. The fraction of sp³-hybridized carbons (Fsp3) is 0.381. The zero-order valence-corrected chi connectivity index (χ0v) is 17.3. The van der Waals surface area contributed by atoms with Gasteiger partial charge >= 0.3 is 0 Å². The van der Waals surface area contributed by atoms with Gasteiger partial charge in [0.25, 0.3) is 5.91 Å². The van der Waals surface area contributed by atoms with Crippen LogP contribution in [0.4, 0.5) is 21.7 Å². The molecule has 0 fully saturated rings. The number of hydrogen-bond donors (Lipinski definition) is 4. The van der Waals surface area contributed by atoms with E-state index < -0.39 is 11.7 Å². The van der Waals surface area contributed by atoms with Crippen LogP contribution in [0, 0.1) is 5.82 Å². The van der Waals surface area contributed by atoms with Gasteiger partial charge in [-0.3, -0.25) is 9.48 Å². The Hall–Kier alpha value is -3.20. The Labute approximate surface area is 174 Å². The van der Waals surface area contributed by atoms with Crippen LogP contribution in [0.3, 0.4) is 0 Å². The maximum Gasteiger partial charge on any atom is 0.252 e. The monoisotopic (exact) mass is 413 g/mol. The molecule has 1 atom stereocenters. The molecule has 3 rings (SSSR count). The fourth-order valence-corrected chi connectivity index (χ4v) is 3.32. The zero-order chi connectivity index (χ0) is 21.7. The van der Waals surface area contributed by atoms with Crippen LogP contribution >= 0.6 is 0 Å². The molecule has 0 aliphatic heterocycles. The minimum atomic E-state index is -0.767. The number of pyridine rings is 1. The van der Waals surface area contributed by atoms with Crippen molar-refractivity contribution in [2.45, 2.75) is 45.7 Å². The molecule has 160 valence electrons. The molecule has 0 spiro atoms. The van der Waals surface area contributed by atoms with Gasteiger partial charge in [-0.05, 0) is 37.6 Å². The van der Waals surface area contributed by atoms with E-state index >= 15 is 0 Å². The van der Waals surface area contributed by atoms with Crippen molar-refractivity contribution in [2.24, 2.45) is 11.5 Å². The second-order valence-electron chi connectivity index (χ2n) is 7.16. The van der Waals surface area contributed by atoms with Crippen LogP contribution in [0.1, 0.15) is 43.5 Å². The molecule has 6 N–H and O–H groups in total. The maximum atomic E-state index is 14.6. The number of halogens is 1. The lowest BCUT2D eigenvalue weighted by Crippen LogP contribution is -2.30. The van der Waals surface area contributed by atoms with Crippen molar-refractivity contribution in [1.29, 1.82) is 0 Å². The number of nitrogens with two attached hydrogens (primary N) is 2. The van der Waals surface area contributed by atoms with E-state index in [1.807, 2.05) is 29.8 Å². The summed E-state index contributed by atoms with van der Waals surface area (Å²) in [4.78, 5) is 16.2. The number of benzene rings is 1. The van der Waals surface area contributed by atoms with Crippen LogP contribution in [0.5, 0.6) is 0 Å². The molecule has 3 aromatic rings. The Morgan fingerprint density at radius 1 is 1.27 bits per heavy atom. The Balaban J connectivity index is 1.92.